The molecule has 27 rings (SSSR count). The van der Waals surface area contributed by atoms with Crippen LogP contribution in [0, 0.1) is 0 Å². The first-order valence-electron chi connectivity index (χ1n) is 43.2. The molecule has 0 nitrogen and oxygen atoms in total. The fourth-order valence-corrected chi connectivity index (χ4v) is 27.9. The first-order chi connectivity index (χ1) is 63.0. The maximum Gasteiger partial charge on any atom is 0.0713 e. The minimum atomic E-state index is -0.374. The highest BCUT2D eigenvalue weighted by Crippen LogP contribution is 2.58. The van der Waals surface area contributed by atoms with E-state index >= 15 is 0 Å². The van der Waals surface area contributed by atoms with Crippen molar-refractivity contribution < 1.29 is 0 Å². The predicted octanol–water partition coefficient (Wildman–Crippen LogP) is 37.0. The number of thiophene rings is 6. The van der Waals surface area contributed by atoms with Crippen molar-refractivity contribution in [2.24, 2.45) is 0 Å². The van der Waals surface area contributed by atoms with Gasteiger partial charge in [-0.25, -0.2) is 0 Å². The summed E-state index contributed by atoms with van der Waals surface area (Å²) in [6.07, 6.45) is 0. The smallest absolute Gasteiger partial charge is 0.0713 e. The Morgan fingerprint density at radius 1 is 0.126 bits per heavy atom. The molecule has 594 valence electrons. The van der Waals surface area contributed by atoms with Crippen molar-refractivity contribution in [3.63, 3.8) is 0 Å². The second kappa shape index (κ2) is 31.1. The molecule has 26 aromatic rings. The van der Waals surface area contributed by atoms with E-state index in [0.29, 0.717) is 0 Å². The largest absolute Gasteiger partial charge is 0.135 e. The zero-order valence-electron chi connectivity index (χ0n) is 68.7. The molecule has 127 heavy (non-hydrogen) atoms. The summed E-state index contributed by atoms with van der Waals surface area (Å²) >= 11 is 11.4. The van der Waals surface area contributed by atoms with Crippen LogP contribution in [0.1, 0.15) is 22.3 Å². The van der Waals surface area contributed by atoms with Crippen molar-refractivity contribution >= 4 is 189 Å². The Morgan fingerprint density at radius 2 is 0.339 bits per heavy atom. The molecule has 1 aliphatic carbocycles. The van der Waals surface area contributed by atoms with Crippen LogP contribution in [-0.2, 0) is 5.41 Å². The van der Waals surface area contributed by atoms with Gasteiger partial charge in [-0.05, 0) is 160 Å². The maximum absolute atomic E-state index is 2.42. The lowest BCUT2D eigenvalue weighted by Gasteiger charge is -2.34. The van der Waals surface area contributed by atoms with Crippen molar-refractivity contribution in [1.82, 2.24) is 0 Å². The lowest BCUT2D eigenvalue weighted by Crippen LogP contribution is -2.28. The Morgan fingerprint density at radius 3 is 0.677 bits per heavy atom. The van der Waals surface area contributed by atoms with Gasteiger partial charge in [0, 0.05) is 132 Å². The van der Waals surface area contributed by atoms with E-state index in [2.05, 4.69) is 449 Å². The summed E-state index contributed by atoms with van der Waals surface area (Å²) < 4.78 is 16.1. The van der Waals surface area contributed by atoms with E-state index in [1.807, 2.05) is 68.0 Å². The highest BCUT2D eigenvalue weighted by atomic mass is 32.1. The molecule has 0 amide bonds. The number of hydrogen-bond donors (Lipinski definition) is 0. The van der Waals surface area contributed by atoms with Gasteiger partial charge in [0.15, 0.2) is 0 Å². The van der Waals surface area contributed by atoms with Crippen molar-refractivity contribution in [3.8, 4) is 100 Å². The van der Waals surface area contributed by atoms with Gasteiger partial charge in [0.25, 0.3) is 0 Å². The molecule has 1 aliphatic rings. The highest BCUT2D eigenvalue weighted by Gasteiger charge is 2.46. The van der Waals surface area contributed by atoms with Gasteiger partial charge < -0.3 is 0 Å². The van der Waals surface area contributed by atoms with Crippen molar-refractivity contribution in [1.29, 1.82) is 0 Å². The molecule has 0 aliphatic heterocycles. The molecule has 20 aromatic carbocycles. The quantitative estimate of drug-likeness (QED) is 0.128. The second-order valence-electron chi connectivity index (χ2n) is 32.9. The molecule has 0 saturated heterocycles. The van der Waals surface area contributed by atoms with Crippen LogP contribution in [0.4, 0.5) is 0 Å². The Kier molecular flexibility index (Phi) is 18.5. The lowest BCUT2D eigenvalue weighted by atomic mass is 9.67. The van der Waals surface area contributed by atoms with Crippen LogP contribution >= 0.6 is 68.0 Å². The summed E-state index contributed by atoms with van der Waals surface area (Å²) in [7, 11) is 0. The summed E-state index contributed by atoms with van der Waals surface area (Å²) in [4.78, 5) is 0. The monoisotopic (exact) mass is 1720 g/mol. The Hall–Kier alpha value is -14.3. The molecular formula is C121H74S6. The molecule has 0 radical (unpaired) electrons. The van der Waals surface area contributed by atoms with E-state index in [9.17, 15) is 0 Å². The normalized spacial score (nSPS) is 12.3. The number of fused-ring (bicyclic) bond motifs is 21. The van der Waals surface area contributed by atoms with E-state index in [0.717, 1.165) is 0 Å². The third-order valence-corrected chi connectivity index (χ3v) is 33.4. The molecule has 0 spiro atoms. The van der Waals surface area contributed by atoms with Crippen molar-refractivity contribution in [3.05, 3.63) is 471 Å². The van der Waals surface area contributed by atoms with Gasteiger partial charge >= 0.3 is 0 Å². The van der Waals surface area contributed by atoms with Crippen molar-refractivity contribution in [2.45, 2.75) is 5.41 Å². The second-order valence-corrected chi connectivity index (χ2v) is 39.2. The summed E-state index contributed by atoms with van der Waals surface area (Å²) in [5.74, 6) is 0. The van der Waals surface area contributed by atoms with E-state index in [1.165, 1.54) is 243 Å². The molecule has 0 bridgehead atoms. The zero-order chi connectivity index (χ0) is 83.6. The molecule has 6 heteroatoms. The van der Waals surface area contributed by atoms with Gasteiger partial charge in [-0.2, -0.15) is 0 Å². The summed E-state index contributed by atoms with van der Waals surface area (Å²) in [6, 6.07) is 165. The standard InChI is InChI=1S/C43H28S.C42H24S3.C36H22S2/c1-3-13-29(14-4-1)33-19-11-21-37-38-22-12-20-34(42(38)44-41(33)37)30-25-27-32(28-26-30)43(31-15-5-2-6-16-31)39-23-9-7-17-35(39)36-18-8-10-24-40(36)43;1-4-19-37-31(10-1)34-16-7-13-28(40(34)43-37)25-22-26(29-14-8-17-35-32-11-2-5-20-38(32)44-41(29)35)24-27(23-25)30-15-9-18-36-33-12-3-6-21-39(33)45-42(30)36;1-3-13-25(29-17-9-19-31-27-15-5-7-21-33(27)37-35(29)31)23(11-1)24-12-2-4-14-26(24)30-18-10-20-32-28-16-6-8-22-34(28)38-36(30)32/h1-28H;1-24H;1-22H. The predicted molar refractivity (Wildman–Crippen MR) is 557 cm³/mol. The van der Waals surface area contributed by atoms with Gasteiger partial charge in [-0.15, -0.1) is 68.0 Å². The third kappa shape index (κ3) is 12.4. The molecule has 0 saturated carbocycles. The first-order valence-corrected chi connectivity index (χ1v) is 48.1. The van der Waals surface area contributed by atoms with Gasteiger partial charge in [0.1, 0.15) is 0 Å². The average molecular weight is 1720 g/mol. The minimum absolute atomic E-state index is 0.374. The Bertz CT molecular complexity index is 8330. The topological polar surface area (TPSA) is 0 Å². The van der Waals surface area contributed by atoms with Crippen LogP contribution in [0.2, 0.25) is 0 Å². The molecular weight excluding hydrogens is 1650 g/mol. The molecule has 6 heterocycles. The average Bonchev–Trinajstić information content (AvgIpc) is 1.52. The zero-order valence-corrected chi connectivity index (χ0v) is 73.6. The van der Waals surface area contributed by atoms with Gasteiger partial charge in [-0.3, -0.25) is 0 Å². The maximum atomic E-state index is 2.42. The van der Waals surface area contributed by atoms with E-state index in [4.69, 9.17) is 0 Å². The first kappa shape index (κ1) is 75.3. The molecule has 0 unspecified atom stereocenters. The summed E-state index contributed by atoms with van der Waals surface area (Å²) in [6.45, 7) is 0. The van der Waals surface area contributed by atoms with E-state index in [-0.39, 0.29) is 5.41 Å². The third-order valence-electron chi connectivity index (χ3n) is 26.0. The summed E-state index contributed by atoms with van der Waals surface area (Å²) in [5.41, 5.74) is 28.0. The fraction of sp³-hybridized carbons (Fsp3) is 0.00826. The minimum Gasteiger partial charge on any atom is -0.135 e. The number of hydrogen-bond acceptors (Lipinski definition) is 6. The Balaban J connectivity index is 0.000000104. The van der Waals surface area contributed by atoms with Crippen LogP contribution in [-0.4, -0.2) is 0 Å². The SMILES string of the molecule is c1ccc(-c2cccc3c2sc2c(-c4ccc(C5(c6ccccc6)c6ccccc6-c6ccccc65)cc4)cccc23)cc1.c1ccc(-c2cccc3c2sc2ccccc23)c(-c2ccccc2-c2cccc3c2sc2ccccc23)c1.c1ccc2c(c1)sc1c(-c3cc(-c4cccc5c4sc4ccccc45)cc(-c4cccc5c4sc4ccccc45)c3)cccc12. The highest BCUT2D eigenvalue weighted by molar-refractivity contribution is 7.28. The van der Waals surface area contributed by atoms with Crippen LogP contribution in [0.3, 0.4) is 0 Å². The van der Waals surface area contributed by atoms with Crippen LogP contribution in [0.5, 0.6) is 0 Å². The van der Waals surface area contributed by atoms with E-state index in [1.54, 1.807) is 0 Å². The Labute approximate surface area is 759 Å². The fourth-order valence-electron chi connectivity index (χ4n) is 20.3. The number of rotatable bonds is 10. The van der Waals surface area contributed by atoms with Crippen LogP contribution in [0.15, 0.2) is 449 Å². The van der Waals surface area contributed by atoms with Crippen molar-refractivity contribution in [2.75, 3.05) is 0 Å². The lowest BCUT2D eigenvalue weighted by molar-refractivity contribution is 0.768. The molecule has 6 aromatic heterocycles. The molecule has 0 atom stereocenters. The van der Waals surface area contributed by atoms with Gasteiger partial charge in [0.2, 0.25) is 0 Å². The summed E-state index contributed by atoms with van der Waals surface area (Å²) in [5, 5.41) is 16.0. The van der Waals surface area contributed by atoms with Crippen LogP contribution < -0.4 is 0 Å². The molecule has 0 fully saturated rings. The van der Waals surface area contributed by atoms with Crippen LogP contribution in [0.25, 0.3) is 221 Å². The number of benzene rings is 20. The molecule has 0 N–H and O–H groups in total. The van der Waals surface area contributed by atoms with Gasteiger partial charge in [0.05, 0.1) is 5.41 Å². The van der Waals surface area contributed by atoms with E-state index < -0.39 is 0 Å². The van der Waals surface area contributed by atoms with Gasteiger partial charge in [-0.1, -0.05) is 400 Å².